The predicted octanol–water partition coefficient (Wildman–Crippen LogP) is -1.27. The highest BCUT2D eigenvalue weighted by Crippen LogP contribution is 2.06. The second-order valence-corrected chi connectivity index (χ2v) is 4.20. The predicted molar refractivity (Wildman–Crippen MR) is 66.4 cm³/mol. The number of amides is 1. The summed E-state index contributed by atoms with van der Waals surface area (Å²) < 4.78 is 0. The Morgan fingerprint density at radius 1 is 1.47 bits per heavy atom. The summed E-state index contributed by atoms with van der Waals surface area (Å²) in [5.41, 5.74) is 0. The number of aliphatic hydroxyl groups is 1. The maximum absolute atomic E-state index is 11.7. The van der Waals surface area contributed by atoms with Gasteiger partial charge in [-0.05, 0) is 6.92 Å². The minimum absolute atomic E-state index is 0.0152. The number of carbonyl (C=O) groups excluding carboxylic acids is 1. The van der Waals surface area contributed by atoms with Crippen LogP contribution in [0.15, 0.2) is 0 Å². The van der Waals surface area contributed by atoms with Crippen LogP contribution in [0.25, 0.3) is 0 Å². The molecule has 1 heterocycles. The van der Waals surface area contributed by atoms with E-state index in [1.165, 1.54) is 0 Å². The standard InChI is InChI=1S/C12H21N3O2/c1-3-4-13-12(17)11(2)15-7-5-14(6-8-15)9-10-16/h1,11,16H,4-10H2,2H3,(H,13,17). The third kappa shape index (κ3) is 4.35. The summed E-state index contributed by atoms with van der Waals surface area (Å²) >= 11 is 0. The molecule has 0 aromatic rings. The van der Waals surface area contributed by atoms with Crippen LogP contribution in [-0.4, -0.2) is 72.7 Å². The van der Waals surface area contributed by atoms with Crippen molar-refractivity contribution in [2.24, 2.45) is 0 Å². The number of carbonyl (C=O) groups is 1. The van der Waals surface area contributed by atoms with Gasteiger partial charge >= 0.3 is 0 Å². The highest BCUT2D eigenvalue weighted by Gasteiger charge is 2.24. The van der Waals surface area contributed by atoms with Gasteiger partial charge in [-0.15, -0.1) is 6.42 Å². The van der Waals surface area contributed by atoms with Gasteiger partial charge in [0.15, 0.2) is 0 Å². The van der Waals surface area contributed by atoms with Crippen LogP contribution in [-0.2, 0) is 4.79 Å². The summed E-state index contributed by atoms with van der Waals surface area (Å²) in [7, 11) is 0. The van der Waals surface area contributed by atoms with Crippen molar-refractivity contribution in [1.29, 1.82) is 0 Å². The van der Waals surface area contributed by atoms with E-state index < -0.39 is 0 Å². The molecule has 0 aliphatic carbocycles. The number of hydrogen-bond acceptors (Lipinski definition) is 4. The molecule has 0 saturated carbocycles. The molecule has 0 bridgehead atoms. The highest BCUT2D eigenvalue weighted by atomic mass is 16.3. The Hall–Kier alpha value is -1.09. The van der Waals surface area contributed by atoms with E-state index in [1.54, 1.807) is 0 Å². The Balaban J connectivity index is 2.32. The molecular formula is C12H21N3O2. The number of β-amino-alcohol motifs (C(OH)–C–C–N with tert-alkyl or cyclic N) is 1. The van der Waals surface area contributed by atoms with Crippen molar-refractivity contribution in [3.8, 4) is 12.3 Å². The quantitative estimate of drug-likeness (QED) is 0.588. The zero-order valence-electron chi connectivity index (χ0n) is 10.4. The number of terminal acetylenes is 1. The summed E-state index contributed by atoms with van der Waals surface area (Å²) in [6.45, 7) is 6.58. The zero-order valence-corrected chi connectivity index (χ0v) is 10.4. The fraction of sp³-hybridized carbons (Fsp3) is 0.750. The van der Waals surface area contributed by atoms with E-state index >= 15 is 0 Å². The van der Waals surface area contributed by atoms with Crippen molar-refractivity contribution in [3.63, 3.8) is 0 Å². The molecule has 0 aromatic carbocycles. The molecule has 1 amide bonds. The first-order chi connectivity index (χ1) is 8.19. The smallest absolute Gasteiger partial charge is 0.237 e. The first-order valence-corrected chi connectivity index (χ1v) is 5.97. The Labute approximate surface area is 103 Å². The van der Waals surface area contributed by atoms with Crippen molar-refractivity contribution < 1.29 is 9.90 Å². The van der Waals surface area contributed by atoms with Crippen molar-refractivity contribution in [2.45, 2.75) is 13.0 Å². The molecular weight excluding hydrogens is 218 g/mol. The van der Waals surface area contributed by atoms with Crippen LogP contribution in [0, 0.1) is 12.3 Å². The fourth-order valence-electron chi connectivity index (χ4n) is 1.97. The van der Waals surface area contributed by atoms with Gasteiger partial charge in [0.2, 0.25) is 5.91 Å². The van der Waals surface area contributed by atoms with Gasteiger partial charge in [-0.25, -0.2) is 0 Å². The van der Waals surface area contributed by atoms with E-state index in [0.29, 0.717) is 6.54 Å². The van der Waals surface area contributed by atoms with E-state index in [0.717, 1.165) is 26.2 Å². The average molecular weight is 239 g/mol. The van der Waals surface area contributed by atoms with Gasteiger partial charge in [-0.1, -0.05) is 5.92 Å². The third-order valence-corrected chi connectivity index (χ3v) is 3.11. The molecule has 1 aliphatic heterocycles. The summed E-state index contributed by atoms with van der Waals surface area (Å²) in [5, 5.41) is 11.5. The largest absolute Gasteiger partial charge is 0.395 e. The van der Waals surface area contributed by atoms with E-state index in [9.17, 15) is 4.79 Å². The second kappa shape index (κ2) is 7.28. The number of rotatable bonds is 5. The molecule has 17 heavy (non-hydrogen) atoms. The normalized spacial score (nSPS) is 19.6. The fourth-order valence-corrected chi connectivity index (χ4v) is 1.97. The number of nitrogens with zero attached hydrogens (tertiary/aromatic N) is 2. The summed E-state index contributed by atoms with van der Waals surface area (Å²) in [6.07, 6.45) is 5.10. The Morgan fingerprint density at radius 2 is 2.12 bits per heavy atom. The molecule has 1 rings (SSSR count). The first-order valence-electron chi connectivity index (χ1n) is 5.97. The molecule has 1 atom stereocenters. The lowest BCUT2D eigenvalue weighted by Gasteiger charge is -2.37. The molecule has 0 spiro atoms. The number of piperazine rings is 1. The molecule has 2 N–H and O–H groups in total. The molecule has 1 fully saturated rings. The van der Waals surface area contributed by atoms with Crippen LogP contribution in [0.5, 0.6) is 0 Å². The van der Waals surface area contributed by atoms with Crippen LogP contribution in [0.1, 0.15) is 6.92 Å². The molecule has 5 heteroatoms. The van der Waals surface area contributed by atoms with Crippen molar-refractivity contribution in [1.82, 2.24) is 15.1 Å². The molecule has 1 saturated heterocycles. The summed E-state index contributed by atoms with van der Waals surface area (Å²) in [4.78, 5) is 16.0. The van der Waals surface area contributed by atoms with Crippen molar-refractivity contribution >= 4 is 5.91 Å². The zero-order chi connectivity index (χ0) is 12.7. The van der Waals surface area contributed by atoms with E-state index in [1.807, 2.05) is 6.92 Å². The van der Waals surface area contributed by atoms with Crippen molar-refractivity contribution in [2.75, 3.05) is 45.9 Å². The van der Waals surface area contributed by atoms with E-state index in [-0.39, 0.29) is 25.1 Å². The third-order valence-electron chi connectivity index (χ3n) is 3.11. The van der Waals surface area contributed by atoms with Gasteiger partial charge in [0, 0.05) is 32.7 Å². The second-order valence-electron chi connectivity index (χ2n) is 4.20. The molecule has 1 aliphatic rings. The van der Waals surface area contributed by atoms with Gasteiger partial charge in [0.25, 0.3) is 0 Å². The minimum atomic E-state index is -0.139. The number of aliphatic hydroxyl groups excluding tert-OH is 1. The van der Waals surface area contributed by atoms with Crippen LogP contribution in [0.3, 0.4) is 0 Å². The maximum Gasteiger partial charge on any atom is 0.237 e. The molecule has 96 valence electrons. The molecule has 0 radical (unpaired) electrons. The van der Waals surface area contributed by atoms with Gasteiger partial charge in [0.1, 0.15) is 0 Å². The van der Waals surface area contributed by atoms with Gasteiger partial charge in [0.05, 0.1) is 19.2 Å². The Bertz CT molecular complexity index is 280. The van der Waals surface area contributed by atoms with Crippen molar-refractivity contribution in [3.05, 3.63) is 0 Å². The Morgan fingerprint density at radius 3 is 2.65 bits per heavy atom. The van der Waals surface area contributed by atoms with Crippen LogP contribution >= 0.6 is 0 Å². The first kappa shape index (κ1) is 14.0. The van der Waals surface area contributed by atoms with Crippen LogP contribution < -0.4 is 5.32 Å². The number of nitrogens with one attached hydrogen (secondary N) is 1. The lowest BCUT2D eigenvalue weighted by Crippen LogP contribution is -2.54. The van der Waals surface area contributed by atoms with E-state index in [4.69, 9.17) is 11.5 Å². The SMILES string of the molecule is C#CCNC(=O)C(C)N1CCN(CCO)CC1. The van der Waals surface area contributed by atoms with E-state index in [2.05, 4.69) is 21.0 Å². The molecule has 0 aromatic heterocycles. The maximum atomic E-state index is 11.7. The summed E-state index contributed by atoms with van der Waals surface area (Å²) in [5.74, 6) is 2.38. The van der Waals surface area contributed by atoms with Gasteiger partial charge in [-0.2, -0.15) is 0 Å². The topological polar surface area (TPSA) is 55.8 Å². The van der Waals surface area contributed by atoms with Crippen LogP contribution in [0.2, 0.25) is 0 Å². The molecule has 1 unspecified atom stereocenters. The lowest BCUT2D eigenvalue weighted by atomic mass is 10.2. The lowest BCUT2D eigenvalue weighted by molar-refractivity contribution is -0.126. The average Bonchev–Trinajstić information content (AvgIpc) is 2.36. The van der Waals surface area contributed by atoms with Crippen LogP contribution in [0.4, 0.5) is 0 Å². The number of hydrogen-bond donors (Lipinski definition) is 2. The Kier molecular flexibility index (Phi) is 5.98. The molecule has 5 nitrogen and oxygen atoms in total. The highest BCUT2D eigenvalue weighted by molar-refractivity contribution is 5.81. The minimum Gasteiger partial charge on any atom is -0.395 e. The van der Waals surface area contributed by atoms with Gasteiger partial charge < -0.3 is 10.4 Å². The monoisotopic (exact) mass is 239 g/mol. The van der Waals surface area contributed by atoms with Gasteiger partial charge in [-0.3, -0.25) is 14.6 Å². The summed E-state index contributed by atoms with van der Waals surface area (Å²) in [6, 6.07) is -0.139.